The average molecular weight is 526 g/mol. The van der Waals surface area contributed by atoms with Crippen LogP contribution in [0, 0.1) is 11.3 Å². The van der Waals surface area contributed by atoms with Gasteiger partial charge in [-0.1, -0.05) is 54.6 Å². The Bertz CT molecular complexity index is 1320. The Morgan fingerprint density at radius 3 is 2.46 bits per heavy atom. The molecular weight excluding hydrogens is 490 g/mol. The molecule has 202 valence electrons. The number of benzene rings is 3. The van der Waals surface area contributed by atoms with E-state index < -0.39 is 0 Å². The maximum absolute atomic E-state index is 11.1. The summed E-state index contributed by atoms with van der Waals surface area (Å²) in [6.45, 7) is 6.34. The zero-order valence-electron chi connectivity index (χ0n) is 22.1. The van der Waals surface area contributed by atoms with Gasteiger partial charge < -0.3 is 26.2 Å². The number of amides is 3. The molecule has 0 spiro atoms. The molecule has 2 aliphatic heterocycles. The number of carbonyl (C=O) groups is 2. The van der Waals surface area contributed by atoms with Crippen LogP contribution < -0.4 is 16.4 Å². The van der Waals surface area contributed by atoms with Crippen LogP contribution in [-0.2, 0) is 17.9 Å². The molecule has 5 rings (SSSR count). The highest BCUT2D eigenvalue weighted by molar-refractivity contribution is 5.85. The molecule has 4 N–H and O–H groups in total. The first-order valence-electron chi connectivity index (χ1n) is 13.1. The Morgan fingerprint density at radius 2 is 1.74 bits per heavy atom. The lowest BCUT2D eigenvalue weighted by molar-refractivity contribution is -0.109. The summed E-state index contributed by atoms with van der Waals surface area (Å²) in [7, 11) is 0. The fourth-order valence-electron chi connectivity index (χ4n) is 4.82. The number of piperazine rings is 1. The van der Waals surface area contributed by atoms with Crippen molar-refractivity contribution in [1.82, 2.24) is 25.3 Å². The quantitative estimate of drug-likeness (QED) is 0.308. The van der Waals surface area contributed by atoms with E-state index in [1.54, 1.807) is 4.90 Å². The van der Waals surface area contributed by atoms with Crippen molar-refractivity contribution < 1.29 is 9.59 Å². The van der Waals surface area contributed by atoms with E-state index in [-0.39, 0.29) is 6.03 Å². The van der Waals surface area contributed by atoms with E-state index in [0.29, 0.717) is 18.5 Å². The molecule has 0 aromatic heterocycles. The lowest BCUT2D eigenvalue weighted by Gasteiger charge is -2.33. The van der Waals surface area contributed by atoms with Gasteiger partial charge in [0, 0.05) is 64.1 Å². The van der Waals surface area contributed by atoms with Crippen molar-refractivity contribution in [2.45, 2.75) is 19.5 Å². The van der Waals surface area contributed by atoms with Crippen LogP contribution in [0.5, 0.6) is 0 Å². The van der Waals surface area contributed by atoms with Crippen LogP contribution in [0.3, 0.4) is 0 Å². The van der Waals surface area contributed by atoms with Gasteiger partial charge in [0.15, 0.2) is 0 Å². The smallest absolute Gasteiger partial charge is 0.314 e. The van der Waals surface area contributed by atoms with Gasteiger partial charge in [-0.05, 0) is 34.0 Å². The van der Waals surface area contributed by atoms with Crippen molar-refractivity contribution in [3.05, 3.63) is 95.3 Å². The zero-order chi connectivity index (χ0) is 27.5. The van der Waals surface area contributed by atoms with Crippen molar-refractivity contribution in [1.29, 1.82) is 5.26 Å². The van der Waals surface area contributed by atoms with Crippen LogP contribution in [0.25, 0.3) is 10.8 Å². The van der Waals surface area contributed by atoms with Crippen LogP contribution in [-0.4, -0.2) is 66.5 Å². The van der Waals surface area contributed by atoms with Gasteiger partial charge in [-0.25, -0.2) is 4.79 Å². The molecular formula is C30H35N7O2. The zero-order valence-corrected chi connectivity index (χ0v) is 22.1. The number of nitrogens with zero attached hydrogens (tertiary/aromatic N) is 4. The molecule has 39 heavy (non-hydrogen) atoms. The van der Waals surface area contributed by atoms with E-state index in [2.05, 4.69) is 69.0 Å². The number of carbonyl (C=O) groups excluding carboxylic acids is 2. The number of urea groups is 1. The summed E-state index contributed by atoms with van der Waals surface area (Å²) in [6, 6.07) is 24.3. The van der Waals surface area contributed by atoms with Gasteiger partial charge in [0.2, 0.25) is 6.41 Å². The summed E-state index contributed by atoms with van der Waals surface area (Å²) in [4.78, 5) is 27.6. The number of rotatable bonds is 8. The fraction of sp³-hybridized carbons (Fsp3) is 0.300. The third-order valence-electron chi connectivity index (χ3n) is 6.98. The molecule has 0 unspecified atom stereocenters. The third kappa shape index (κ3) is 7.72. The summed E-state index contributed by atoms with van der Waals surface area (Å²) in [5.74, 6) is 0. The number of nitrogens with one attached hydrogen (secondary N) is 2. The Morgan fingerprint density at radius 1 is 1.00 bits per heavy atom. The Hall–Kier alpha value is -4.55. The second-order valence-electron chi connectivity index (χ2n) is 9.57. The third-order valence-corrected chi connectivity index (χ3v) is 6.98. The Balaban J connectivity index is 0.000000181. The second-order valence-corrected chi connectivity index (χ2v) is 9.57. The molecule has 3 amide bonds. The molecule has 0 aliphatic carbocycles. The van der Waals surface area contributed by atoms with E-state index >= 15 is 0 Å². The van der Waals surface area contributed by atoms with Gasteiger partial charge in [0.25, 0.3) is 0 Å². The first kappa shape index (κ1) is 27.5. The number of hydrogen-bond donors (Lipinski definition) is 3. The summed E-state index contributed by atoms with van der Waals surface area (Å²) in [5.41, 5.74) is 9.67. The molecule has 3 aromatic rings. The molecule has 9 heteroatoms. The molecule has 0 radical (unpaired) electrons. The van der Waals surface area contributed by atoms with Crippen molar-refractivity contribution >= 4 is 23.2 Å². The molecule has 9 nitrogen and oxygen atoms in total. The number of hydrogen-bond acceptors (Lipinski definition) is 6. The van der Waals surface area contributed by atoms with Crippen molar-refractivity contribution in [2.24, 2.45) is 5.73 Å². The largest absolute Gasteiger partial charge is 0.372 e. The predicted molar refractivity (Wildman–Crippen MR) is 152 cm³/mol. The average Bonchev–Trinajstić information content (AvgIpc) is 3.41. The second kappa shape index (κ2) is 13.8. The minimum absolute atomic E-state index is 0.310. The van der Waals surface area contributed by atoms with Crippen LogP contribution >= 0.6 is 0 Å². The van der Waals surface area contributed by atoms with Gasteiger partial charge in [0.1, 0.15) is 0 Å². The van der Waals surface area contributed by atoms with Crippen molar-refractivity contribution in [3.8, 4) is 6.07 Å². The SMILES string of the molecule is N#Cc1ccc(CN2CNC=C2CCNC=O)cc1.NC(=O)N1CCN(Cc2cccc3ccccc23)CC1. The highest BCUT2D eigenvalue weighted by atomic mass is 16.2. The number of nitrogens with two attached hydrogens (primary N) is 1. The molecule has 0 saturated carbocycles. The maximum atomic E-state index is 11.1. The van der Waals surface area contributed by atoms with E-state index in [1.807, 2.05) is 30.5 Å². The van der Waals surface area contributed by atoms with Crippen LogP contribution in [0.1, 0.15) is 23.1 Å². The summed E-state index contributed by atoms with van der Waals surface area (Å²) >= 11 is 0. The van der Waals surface area contributed by atoms with Gasteiger partial charge in [-0.3, -0.25) is 9.69 Å². The number of fused-ring (bicyclic) bond motifs is 1. The number of primary amides is 1. The molecule has 2 aliphatic rings. The Labute approximate surface area is 229 Å². The van der Waals surface area contributed by atoms with Gasteiger partial charge in [-0.2, -0.15) is 5.26 Å². The highest BCUT2D eigenvalue weighted by Crippen LogP contribution is 2.20. The topological polar surface area (TPSA) is 118 Å². The first-order valence-corrected chi connectivity index (χ1v) is 13.1. The van der Waals surface area contributed by atoms with Gasteiger partial charge in [-0.15, -0.1) is 0 Å². The lowest BCUT2D eigenvalue weighted by Crippen LogP contribution is -2.50. The van der Waals surface area contributed by atoms with E-state index in [0.717, 1.165) is 57.9 Å². The summed E-state index contributed by atoms with van der Waals surface area (Å²) < 4.78 is 0. The molecule has 0 atom stereocenters. The molecule has 2 heterocycles. The monoisotopic (exact) mass is 525 g/mol. The normalized spacial score (nSPS) is 15.0. The fourth-order valence-corrected chi connectivity index (χ4v) is 4.82. The van der Waals surface area contributed by atoms with Gasteiger partial charge in [0.05, 0.1) is 18.3 Å². The van der Waals surface area contributed by atoms with Crippen LogP contribution in [0.15, 0.2) is 78.6 Å². The lowest BCUT2D eigenvalue weighted by atomic mass is 10.0. The van der Waals surface area contributed by atoms with Gasteiger partial charge >= 0.3 is 6.03 Å². The van der Waals surface area contributed by atoms with E-state index in [4.69, 9.17) is 11.0 Å². The summed E-state index contributed by atoms with van der Waals surface area (Å²) in [5, 5.41) is 17.2. The van der Waals surface area contributed by atoms with Crippen molar-refractivity contribution in [2.75, 3.05) is 39.4 Å². The molecule has 1 saturated heterocycles. The number of nitriles is 1. The van der Waals surface area contributed by atoms with Crippen LogP contribution in [0.2, 0.25) is 0 Å². The minimum Gasteiger partial charge on any atom is -0.372 e. The van der Waals surface area contributed by atoms with E-state index in [1.165, 1.54) is 22.0 Å². The highest BCUT2D eigenvalue weighted by Gasteiger charge is 2.19. The molecule has 0 bridgehead atoms. The van der Waals surface area contributed by atoms with Crippen molar-refractivity contribution in [3.63, 3.8) is 0 Å². The van der Waals surface area contributed by atoms with Crippen LogP contribution in [0.4, 0.5) is 4.79 Å². The standard InChI is InChI=1S/C16H19N3O.C14H16N4O/c17-16(20)19-10-8-18(9-11-19)12-14-6-3-5-13-4-1-2-7-15(13)14;15-7-12-1-3-13(4-2-12)9-18-10-17-8-14(18)5-6-16-11-19/h1-7H,8-12H2,(H2,17,20);1-4,8,11,17H,5-6,9-10H2,(H,16,19). The predicted octanol–water partition coefficient (Wildman–Crippen LogP) is 2.93. The Kier molecular flexibility index (Phi) is 9.75. The maximum Gasteiger partial charge on any atom is 0.314 e. The summed E-state index contributed by atoms with van der Waals surface area (Å²) in [6.07, 6.45) is 3.51. The first-order chi connectivity index (χ1) is 19.1. The molecule has 3 aromatic carbocycles. The molecule has 1 fully saturated rings. The minimum atomic E-state index is -0.310. The van der Waals surface area contributed by atoms with E-state index in [9.17, 15) is 9.59 Å².